The van der Waals surface area contributed by atoms with Crippen molar-refractivity contribution in [2.75, 3.05) is 26.4 Å². The van der Waals surface area contributed by atoms with E-state index in [2.05, 4.69) is 10.1 Å². The van der Waals surface area contributed by atoms with E-state index in [0.717, 1.165) is 67.3 Å². The fraction of sp³-hybridized carbons (Fsp3) is 0.382. The molecule has 0 bridgehead atoms. The maximum atomic E-state index is 14.0. The van der Waals surface area contributed by atoms with E-state index in [4.69, 9.17) is 18.9 Å². The van der Waals surface area contributed by atoms with Crippen molar-refractivity contribution in [1.29, 1.82) is 0 Å². The maximum Gasteiger partial charge on any atom is 0.434 e. The zero-order valence-electron chi connectivity index (χ0n) is 25.1. The zero-order chi connectivity index (χ0) is 31.6. The predicted octanol–water partition coefficient (Wildman–Crippen LogP) is 7.23. The van der Waals surface area contributed by atoms with Gasteiger partial charge in [0.05, 0.1) is 31.7 Å². The van der Waals surface area contributed by atoms with Gasteiger partial charge in [-0.25, -0.2) is 14.5 Å². The summed E-state index contributed by atoms with van der Waals surface area (Å²) in [6.45, 7) is 3.38. The quantitative estimate of drug-likeness (QED) is 0.115. The number of pyridine rings is 1. The standard InChI is InChI=1S/C34H36F3N3O5/c1-2-42-33(41)28-23-38-40(32(28)34(35,36)37)30-12-7-11-29(39-30)27-10-4-3-9-25(27)17-14-24-15-18-26(19-16-24)43-21-8-22-45-31-13-5-6-20-44-31/h3-4,7,9-12,15-16,18-19,23,31H,2,5-6,8,13-14,17,20-22H2,1H3. The smallest absolute Gasteiger partial charge is 0.434 e. The molecule has 0 amide bonds. The highest BCUT2D eigenvalue weighted by molar-refractivity contribution is 5.90. The highest BCUT2D eigenvalue weighted by Gasteiger charge is 2.41. The van der Waals surface area contributed by atoms with Crippen LogP contribution in [0, 0.1) is 0 Å². The fourth-order valence-corrected chi connectivity index (χ4v) is 5.17. The molecule has 0 saturated carbocycles. The third-order valence-corrected chi connectivity index (χ3v) is 7.38. The highest BCUT2D eigenvalue weighted by atomic mass is 19.4. The summed E-state index contributed by atoms with van der Waals surface area (Å²) in [6.07, 6.45) is 1.31. The Morgan fingerprint density at radius 3 is 2.58 bits per heavy atom. The van der Waals surface area contributed by atoms with Gasteiger partial charge in [0.25, 0.3) is 0 Å². The second-order valence-electron chi connectivity index (χ2n) is 10.6. The van der Waals surface area contributed by atoms with Crippen LogP contribution in [0.4, 0.5) is 13.2 Å². The molecular formula is C34H36F3N3O5. The van der Waals surface area contributed by atoms with Gasteiger partial charge in [0.1, 0.15) is 11.3 Å². The molecule has 0 spiro atoms. The molecule has 1 aliphatic heterocycles. The van der Waals surface area contributed by atoms with Gasteiger partial charge >= 0.3 is 12.1 Å². The van der Waals surface area contributed by atoms with Crippen LogP contribution >= 0.6 is 0 Å². The molecule has 2 aromatic heterocycles. The number of hydrogen-bond donors (Lipinski definition) is 0. The summed E-state index contributed by atoms with van der Waals surface area (Å²) in [5.74, 6) is -0.362. The van der Waals surface area contributed by atoms with Gasteiger partial charge in [0.2, 0.25) is 0 Å². The van der Waals surface area contributed by atoms with E-state index < -0.39 is 23.4 Å². The third kappa shape index (κ3) is 8.49. The normalized spacial score (nSPS) is 15.2. The molecule has 1 fully saturated rings. The number of alkyl halides is 3. The van der Waals surface area contributed by atoms with Crippen LogP contribution in [-0.4, -0.2) is 53.5 Å². The number of rotatable bonds is 13. The summed E-state index contributed by atoms with van der Waals surface area (Å²) in [7, 11) is 0. The van der Waals surface area contributed by atoms with Crippen LogP contribution in [0.2, 0.25) is 0 Å². The lowest BCUT2D eigenvalue weighted by molar-refractivity contribution is -0.163. The van der Waals surface area contributed by atoms with Crippen molar-refractivity contribution in [3.63, 3.8) is 0 Å². The monoisotopic (exact) mass is 623 g/mol. The number of aryl methyl sites for hydroxylation is 2. The number of aromatic nitrogens is 3. The van der Waals surface area contributed by atoms with Crippen LogP contribution in [0.3, 0.4) is 0 Å². The summed E-state index contributed by atoms with van der Waals surface area (Å²) in [4.78, 5) is 16.7. The lowest BCUT2D eigenvalue weighted by atomic mass is 9.97. The molecule has 11 heteroatoms. The first-order chi connectivity index (χ1) is 21.8. The Morgan fingerprint density at radius 1 is 1.00 bits per heavy atom. The van der Waals surface area contributed by atoms with Gasteiger partial charge in [-0.15, -0.1) is 0 Å². The summed E-state index contributed by atoms with van der Waals surface area (Å²) < 4.78 is 64.8. The molecular weight excluding hydrogens is 587 g/mol. The van der Waals surface area contributed by atoms with E-state index in [1.165, 1.54) is 13.0 Å². The molecule has 2 aromatic carbocycles. The van der Waals surface area contributed by atoms with Crippen molar-refractivity contribution >= 4 is 5.97 Å². The minimum absolute atomic E-state index is 0.0591. The van der Waals surface area contributed by atoms with Crippen molar-refractivity contribution in [2.45, 2.75) is 57.9 Å². The molecule has 8 nitrogen and oxygen atoms in total. The Labute approximate surface area is 260 Å². The number of hydrogen-bond acceptors (Lipinski definition) is 7. The average Bonchev–Trinajstić information content (AvgIpc) is 3.52. The van der Waals surface area contributed by atoms with Gasteiger partial charge in [0.15, 0.2) is 17.8 Å². The van der Waals surface area contributed by atoms with Gasteiger partial charge in [-0.05, 0) is 74.4 Å². The van der Waals surface area contributed by atoms with Crippen molar-refractivity contribution in [2.24, 2.45) is 0 Å². The SMILES string of the molecule is CCOC(=O)c1cnn(-c2cccc(-c3ccccc3CCc3ccc(OCCCOC4CCCCO4)cc3)n2)c1C(F)(F)F. The number of ether oxygens (including phenoxy) is 4. The van der Waals surface area contributed by atoms with Gasteiger partial charge in [0, 0.05) is 18.6 Å². The first-order valence-electron chi connectivity index (χ1n) is 15.2. The maximum absolute atomic E-state index is 14.0. The molecule has 5 rings (SSSR count). The molecule has 1 unspecified atom stereocenters. The van der Waals surface area contributed by atoms with Crippen LogP contribution < -0.4 is 4.74 Å². The minimum Gasteiger partial charge on any atom is -0.494 e. The van der Waals surface area contributed by atoms with E-state index in [1.807, 2.05) is 48.5 Å². The second-order valence-corrected chi connectivity index (χ2v) is 10.6. The number of carbonyl (C=O) groups excluding carboxylic acids is 1. The Balaban J connectivity index is 1.22. The molecule has 0 radical (unpaired) electrons. The Bertz CT molecular complexity index is 1550. The topological polar surface area (TPSA) is 84.7 Å². The summed E-state index contributed by atoms with van der Waals surface area (Å²) in [5.41, 5.74) is 1.52. The summed E-state index contributed by atoms with van der Waals surface area (Å²) >= 11 is 0. The number of benzene rings is 2. The molecule has 238 valence electrons. The van der Waals surface area contributed by atoms with Crippen molar-refractivity contribution in [3.8, 4) is 22.8 Å². The van der Waals surface area contributed by atoms with Gasteiger partial charge < -0.3 is 18.9 Å². The minimum atomic E-state index is -4.85. The number of esters is 1. The van der Waals surface area contributed by atoms with Crippen LogP contribution in [0.15, 0.2) is 72.9 Å². The first kappa shape index (κ1) is 32.2. The molecule has 3 heterocycles. The molecule has 45 heavy (non-hydrogen) atoms. The molecule has 0 N–H and O–H groups in total. The zero-order valence-corrected chi connectivity index (χ0v) is 25.1. The van der Waals surface area contributed by atoms with Gasteiger partial charge in [-0.3, -0.25) is 0 Å². The average molecular weight is 624 g/mol. The Kier molecular flexibility index (Phi) is 10.9. The van der Waals surface area contributed by atoms with E-state index in [0.29, 0.717) is 30.0 Å². The number of carbonyl (C=O) groups is 1. The van der Waals surface area contributed by atoms with E-state index in [1.54, 1.807) is 12.1 Å². The van der Waals surface area contributed by atoms with Crippen molar-refractivity contribution < 1.29 is 36.9 Å². The lowest BCUT2D eigenvalue weighted by Crippen LogP contribution is -2.23. The molecule has 1 atom stereocenters. The first-order valence-corrected chi connectivity index (χ1v) is 15.2. The molecule has 0 aliphatic carbocycles. The van der Waals surface area contributed by atoms with E-state index >= 15 is 0 Å². The molecule has 1 saturated heterocycles. The Morgan fingerprint density at radius 2 is 1.82 bits per heavy atom. The summed E-state index contributed by atoms with van der Waals surface area (Å²) in [5, 5.41) is 3.86. The van der Waals surface area contributed by atoms with Gasteiger partial charge in [-0.2, -0.15) is 18.3 Å². The van der Waals surface area contributed by atoms with Crippen LogP contribution in [0.5, 0.6) is 5.75 Å². The fourth-order valence-electron chi connectivity index (χ4n) is 5.17. The van der Waals surface area contributed by atoms with Crippen molar-refractivity contribution in [1.82, 2.24) is 14.8 Å². The van der Waals surface area contributed by atoms with Crippen molar-refractivity contribution in [3.05, 3.63) is 95.3 Å². The third-order valence-electron chi connectivity index (χ3n) is 7.38. The number of halogens is 3. The lowest BCUT2D eigenvalue weighted by Gasteiger charge is -2.22. The van der Waals surface area contributed by atoms with Crippen LogP contribution in [0.1, 0.15) is 59.8 Å². The number of nitrogens with zero attached hydrogens (tertiary/aromatic N) is 3. The molecule has 4 aromatic rings. The summed E-state index contributed by atoms with van der Waals surface area (Å²) in [6, 6.07) is 20.4. The highest BCUT2D eigenvalue weighted by Crippen LogP contribution is 2.34. The van der Waals surface area contributed by atoms with E-state index in [9.17, 15) is 18.0 Å². The van der Waals surface area contributed by atoms with Gasteiger partial charge in [-0.1, -0.05) is 42.5 Å². The predicted molar refractivity (Wildman–Crippen MR) is 161 cm³/mol. The van der Waals surface area contributed by atoms with E-state index in [-0.39, 0.29) is 18.7 Å². The van der Waals surface area contributed by atoms with Crippen LogP contribution in [-0.2, 0) is 33.2 Å². The second kappa shape index (κ2) is 15.2. The Hall–Kier alpha value is -4.22. The largest absolute Gasteiger partial charge is 0.494 e. The molecule has 1 aliphatic rings. The van der Waals surface area contributed by atoms with Crippen LogP contribution in [0.25, 0.3) is 17.1 Å².